The zero-order valence-corrected chi connectivity index (χ0v) is 31.2. The minimum Gasteiger partial charge on any atom is -0.445 e. The topological polar surface area (TPSA) is 194 Å². The second-order valence-corrected chi connectivity index (χ2v) is 14.4. The van der Waals surface area contributed by atoms with Gasteiger partial charge in [0.1, 0.15) is 50.6 Å². The molecule has 1 radical (unpaired) electrons. The number of ether oxygens (including phenoxy) is 4. The van der Waals surface area contributed by atoms with Gasteiger partial charge in [0.2, 0.25) is 11.8 Å². The molecule has 2 aromatic carbocycles. The Morgan fingerprint density at radius 2 is 1.63 bits per heavy atom. The Morgan fingerprint density at radius 1 is 0.963 bits per heavy atom. The second kappa shape index (κ2) is 18.8. The average Bonchev–Trinajstić information content (AvgIpc) is 3.93. The SMILES string of the molecule is CC(C)(COC(=O)Oc1ccccc1)NC(=O)C(CC1[B]C1)N(CCNC(=O)OC(C)(C)C)C(=O)CN1C=CC(NC(=O)OCc2ccccc2)NC1=O. The van der Waals surface area contributed by atoms with Crippen LogP contribution in [0.3, 0.4) is 0 Å². The summed E-state index contributed by atoms with van der Waals surface area (Å²) in [5.41, 5.74) is -1.05. The third-order valence-electron chi connectivity index (χ3n) is 7.86. The van der Waals surface area contributed by atoms with Crippen LogP contribution in [0.5, 0.6) is 5.75 Å². The summed E-state index contributed by atoms with van der Waals surface area (Å²) in [6.07, 6.45) is 0.540. The second-order valence-electron chi connectivity index (χ2n) is 14.4. The monoisotopic (exact) mass is 747 g/mol. The maximum Gasteiger partial charge on any atom is 0.513 e. The highest BCUT2D eigenvalue weighted by molar-refractivity contribution is 6.50. The molecule has 3 unspecified atom stereocenters. The van der Waals surface area contributed by atoms with E-state index in [0.717, 1.165) is 16.8 Å². The van der Waals surface area contributed by atoms with E-state index in [-0.39, 0.29) is 38.5 Å². The molecule has 0 bridgehead atoms. The summed E-state index contributed by atoms with van der Waals surface area (Å²) < 4.78 is 21.0. The van der Waals surface area contributed by atoms with Crippen molar-refractivity contribution >= 4 is 43.5 Å². The molecule has 2 aliphatic heterocycles. The Hall–Kier alpha value is -5.74. The predicted molar refractivity (Wildman–Crippen MR) is 197 cm³/mol. The Bertz CT molecular complexity index is 1650. The standard InChI is InChI=1S/C37H48BN6O10/c1-36(2,3)54-33(48)39-17-19-44(30(45)22-43-18-16-29(40-32(43)47)41-34(49)51-23-25-12-8-6-9-13-25)28(20-26-21-38-26)31(46)42-37(4,5)24-52-35(50)53-27-14-10-7-11-15-27/h6-16,18,26,28-29H,17,19-24H2,1-5H3,(H,39,48)(H,40,47)(H,41,49)(H,42,46). The van der Waals surface area contributed by atoms with Gasteiger partial charge in [0.05, 0.1) is 5.54 Å². The lowest BCUT2D eigenvalue weighted by atomic mass is 9.94. The fraction of sp³-hybridized carbons (Fsp3) is 0.459. The lowest BCUT2D eigenvalue weighted by Gasteiger charge is -2.36. The summed E-state index contributed by atoms with van der Waals surface area (Å²) in [5.74, 6) is -0.759. The summed E-state index contributed by atoms with van der Waals surface area (Å²) in [6, 6.07) is 15.8. The van der Waals surface area contributed by atoms with E-state index in [9.17, 15) is 28.8 Å². The Kier molecular flexibility index (Phi) is 14.3. The highest BCUT2D eigenvalue weighted by atomic mass is 16.7. The molecule has 1 fully saturated rings. The van der Waals surface area contributed by atoms with Crippen LogP contribution in [-0.4, -0.2) is 103 Å². The molecule has 6 amide bonds. The van der Waals surface area contributed by atoms with Crippen molar-refractivity contribution in [1.82, 2.24) is 31.1 Å². The quantitative estimate of drug-likeness (QED) is 0.0847. The molecule has 17 heteroatoms. The fourth-order valence-corrected chi connectivity index (χ4v) is 5.16. The molecule has 289 valence electrons. The van der Waals surface area contributed by atoms with Crippen LogP contribution in [-0.2, 0) is 30.4 Å². The van der Waals surface area contributed by atoms with E-state index in [2.05, 4.69) is 21.3 Å². The molecule has 0 spiro atoms. The number of nitrogens with zero attached hydrogens (tertiary/aromatic N) is 2. The van der Waals surface area contributed by atoms with Crippen molar-refractivity contribution in [2.24, 2.45) is 0 Å². The number of rotatable bonds is 16. The molecule has 16 nitrogen and oxygen atoms in total. The van der Waals surface area contributed by atoms with Gasteiger partial charge in [-0.15, -0.1) is 0 Å². The molecule has 2 heterocycles. The van der Waals surface area contributed by atoms with Crippen molar-refractivity contribution in [1.29, 1.82) is 0 Å². The average molecular weight is 748 g/mol. The number of nitrogens with one attached hydrogen (secondary N) is 4. The van der Waals surface area contributed by atoms with Crippen LogP contribution in [0.1, 0.15) is 46.6 Å². The van der Waals surface area contributed by atoms with Gasteiger partial charge in [-0.05, 0) is 64.8 Å². The molecule has 2 aliphatic rings. The van der Waals surface area contributed by atoms with Gasteiger partial charge in [-0.25, -0.2) is 19.2 Å². The molecule has 0 aliphatic carbocycles. The third-order valence-corrected chi connectivity index (χ3v) is 7.86. The molecule has 0 aromatic heterocycles. The Balaban J connectivity index is 1.42. The minimum absolute atomic E-state index is 0.0364. The van der Waals surface area contributed by atoms with Gasteiger partial charge in [-0.3, -0.25) is 19.8 Å². The van der Waals surface area contributed by atoms with Gasteiger partial charge in [0.15, 0.2) is 0 Å². The molecule has 4 N–H and O–H groups in total. The maximum atomic E-state index is 14.0. The predicted octanol–water partition coefficient (Wildman–Crippen LogP) is 3.92. The first-order valence-corrected chi connectivity index (χ1v) is 17.6. The number of amides is 6. The van der Waals surface area contributed by atoms with E-state index in [4.69, 9.17) is 18.9 Å². The van der Waals surface area contributed by atoms with Crippen LogP contribution >= 0.6 is 0 Å². The molecule has 0 saturated carbocycles. The number of hydrogen-bond donors (Lipinski definition) is 4. The van der Waals surface area contributed by atoms with Crippen molar-refractivity contribution < 1.29 is 47.7 Å². The largest absolute Gasteiger partial charge is 0.513 e. The Morgan fingerprint density at radius 3 is 2.26 bits per heavy atom. The normalized spacial score (nSPS) is 16.8. The van der Waals surface area contributed by atoms with Crippen molar-refractivity contribution in [3.05, 3.63) is 78.5 Å². The van der Waals surface area contributed by atoms with E-state index in [1.54, 1.807) is 77.1 Å². The number of carbonyl (C=O) groups excluding carboxylic acids is 6. The van der Waals surface area contributed by atoms with Gasteiger partial charge < -0.3 is 39.8 Å². The number of para-hydroxylation sites is 1. The smallest absolute Gasteiger partial charge is 0.445 e. The first-order valence-electron chi connectivity index (χ1n) is 17.6. The van der Waals surface area contributed by atoms with Crippen LogP contribution in [0, 0.1) is 0 Å². The minimum atomic E-state index is -1.08. The third kappa shape index (κ3) is 14.4. The molecular weight excluding hydrogens is 699 g/mol. The number of benzene rings is 2. The maximum absolute atomic E-state index is 14.0. The van der Waals surface area contributed by atoms with Crippen LogP contribution in [0.4, 0.5) is 19.2 Å². The van der Waals surface area contributed by atoms with Crippen LogP contribution in [0.15, 0.2) is 72.9 Å². The lowest BCUT2D eigenvalue weighted by Crippen LogP contribution is -2.59. The highest BCUT2D eigenvalue weighted by Gasteiger charge is 2.39. The summed E-state index contributed by atoms with van der Waals surface area (Å²) in [7, 11) is 2.01. The number of carbonyl (C=O) groups is 6. The zero-order chi connectivity index (χ0) is 39.3. The highest BCUT2D eigenvalue weighted by Crippen LogP contribution is 2.34. The number of alkyl carbamates (subject to hydrolysis) is 2. The van der Waals surface area contributed by atoms with Gasteiger partial charge >= 0.3 is 24.4 Å². The van der Waals surface area contributed by atoms with Crippen LogP contribution < -0.4 is 26.0 Å². The van der Waals surface area contributed by atoms with E-state index in [0.29, 0.717) is 5.75 Å². The fourth-order valence-electron chi connectivity index (χ4n) is 5.16. The first kappa shape index (κ1) is 41.0. The zero-order valence-electron chi connectivity index (χ0n) is 31.2. The molecule has 3 atom stereocenters. The van der Waals surface area contributed by atoms with Crippen molar-refractivity contribution in [2.45, 2.75) is 83.1 Å². The van der Waals surface area contributed by atoms with E-state index < -0.39 is 66.1 Å². The van der Waals surface area contributed by atoms with Gasteiger partial charge in [-0.1, -0.05) is 60.7 Å². The first-order chi connectivity index (χ1) is 25.6. The Labute approximate surface area is 315 Å². The summed E-state index contributed by atoms with van der Waals surface area (Å²) in [6.45, 7) is 7.63. The molecule has 4 rings (SSSR count). The molecular formula is C37H48BN6O10. The van der Waals surface area contributed by atoms with Gasteiger partial charge in [0, 0.05) is 19.3 Å². The summed E-state index contributed by atoms with van der Waals surface area (Å²) in [5, 5.41) is 10.6. The molecule has 54 heavy (non-hydrogen) atoms. The van der Waals surface area contributed by atoms with Crippen molar-refractivity contribution in [2.75, 3.05) is 26.2 Å². The van der Waals surface area contributed by atoms with E-state index in [1.807, 2.05) is 25.5 Å². The molecule has 2 aromatic rings. The summed E-state index contributed by atoms with van der Waals surface area (Å²) in [4.78, 5) is 80.6. The van der Waals surface area contributed by atoms with Crippen molar-refractivity contribution in [3.8, 4) is 5.75 Å². The summed E-state index contributed by atoms with van der Waals surface area (Å²) >= 11 is 0. The van der Waals surface area contributed by atoms with Crippen LogP contribution in [0.2, 0.25) is 12.1 Å². The number of hydrogen-bond acceptors (Lipinski definition) is 10. The lowest BCUT2D eigenvalue weighted by molar-refractivity contribution is -0.141. The van der Waals surface area contributed by atoms with E-state index >= 15 is 0 Å². The van der Waals surface area contributed by atoms with Crippen LogP contribution in [0.25, 0.3) is 0 Å². The van der Waals surface area contributed by atoms with Crippen molar-refractivity contribution in [3.63, 3.8) is 0 Å². The molecule has 1 saturated heterocycles. The van der Waals surface area contributed by atoms with Gasteiger partial charge in [-0.2, -0.15) is 0 Å². The van der Waals surface area contributed by atoms with Gasteiger partial charge in [0.25, 0.3) is 0 Å². The number of urea groups is 1. The van der Waals surface area contributed by atoms with E-state index in [1.165, 1.54) is 17.2 Å².